The number of allylic oxidation sites excluding steroid dienone is 6. The van der Waals surface area contributed by atoms with Crippen molar-refractivity contribution in [2.45, 2.75) is 55.4 Å². The molecule has 0 spiro atoms. The number of aliphatic hydroxyl groups is 3. The van der Waals surface area contributed by atoms with E-state index >= 15 is 0 Å². The van der Waals surface area contributed by atoms with Gasteiger partial charge in [-0.15, -0.1) is 178 Å². The molecular weight excluding hydrogens is 2190 g/mol. The minimum absolute atomic E-state index is 0. The van der Waals surface area contributed by atoms with E-state index in [0.29, 0.717) is 0 Å². The quantitative estimate of drug-likeness (QED) is 0.0668. The summed E-state index contributed by atoms with van der Waals surface area (Å²) < 4.78 is 0. The van der Waals surface area contributed by atoms with E-state index in [4.69, 9.17) is 25.3 Å². The normalized spacial score (nSPS) is 9.94. The summed E-state index contributed by atoms with van der Waals surface area (Å²) in [5.74, 6) is -0.187. The number of hydrogen-bond acceptors (Lipinski definition) is 12. The number of pyridine rings is 4. The third-order valence-corrected chi connectivity index (χ3v) is 13.2. The van der Waals surface area contributed by atoms with E-state index in [1.807, 2.05) is 231 Å². The third kappa shape index (κ3) is 35.2. The molecule has 0 saturated heterocycles. The minimum atomic E-state index is -0.125. The monoisotopic (exact) mass is 2270 g/mol. The number of carbonyl (C=O) groups is 3. The van der Waals surface area contributed by atoms with Crippen molar-refractivity contribution >= 4 is 28.1 Å². The Kier molecular flexibility index (Phi) is 46.8. The molecule has 541 valence electrons. The predicted octanol–water partition coefficient (Wildman–Crippen LogP) is 20.3. The zero-order valence-electron chi connectivity index (χ0n) is 58.3. The second-order valence-electron chi connectivity index (χ2n) is 21.8. The van der Waals surface area contributed by atoms with E-state index in [9.17, 15) is 14.4 Å². The molecule has 0 amide bonds. The molecule has 0 unspecified atom stereocenters. The minimum Gasteiger partial charge on any atom is -0.512 e. The number of aryl methyl sites for hydroxylation is 2. The Hall–Kier alpha value is -9.42. The smallest absolute Gasteiger partial charge is 0.155 e. The summed E-state index contributed by atoms with van der Waals surface area (Å²) in [7, 11) is 0. The van der Waals surface area contributed by atoms with Crippen molar-refractivity contribution in [2.75, 3.05) is 0 Å². The molecule has 13 aromatic rings. The Bertz CT molecular complexity index is 4530. The molecule has 0 bridgehead atoms. The van der Waals surface area contributed by atoms with Gasteiger partial charge in [-0.1, -0.05) is 135 Å². The number of aromatic nitrogens is 6. The molecule has 13 rings (SSSR count). The van der Waals surface area contributed by atoms with Gasteiger partial charge in [0, 0.05) is 161 Å². The van der Waals surface area contributed by atoms with Crippen molar-refractivity contribution in [2.24, 2.45) is 0 Å². The second-order valence-corrected chi connectivity index (χ2v) is 21.8. The van der Waals surface area contributed by atoms with Crippen LogP contribution in [0, 0.1) is 44.2 Å². The van der Waals surface area contributed by atoms with Gasteiger partial charge >= 0.3 is 0 Å². The third-order valence-electron chi connectivity index (χ3n) is 13.2. The first kappa shape index (κ1) is 92.6. The van der Waals surface area contributed by atoms with Crippen LogP contribution in [0.5, 0.6) is 0 Å². The summed E-state index contributed by atoms with van der Waals surface area (Å²) in [6.07, 6.45) is 12.6. The molecule has 0 aliphatic carbocycles. The second kappa shape index (κ2) is 52.5. The van der Waals surface area contributed by atoms with Crippen molar-refractivity contribution < 1.29 is 130 Å². The maximum atomic E-state index is 10.0. The summed E-state index contributed by atoms with van der Waals surface area (Å²) in [5, 5.41) is 27.5. The van der Waals surface area contributed by atoms with Crippen molar-refractivity contribution in [1.82, 2.24) is 29.9 Å². The van der Waals surface area contributed by atoms with E-state index in [0.717, 1.165) is 78.8 Å². The van der Waals surface area contributed by atoms with Gasteiger partial charge in [-0.3, -0.25) is 19.4 Å². The molecule has 5 radical (unpaired) electrons. The molecule has 104 heavy (non-hydrogen) atoms. The van der Waals surface area contributed by atoms with Crippen molar-refractivity contribution in [3.05, 3.63) is 363 Å². The van der Waals surface area contributed by atoms with Gasteiger partial charge in [0.15, 0.2) is 17.3 Å². The standard InChI is InChI=1S/C22H15N2.C15H10N.2C12H10N.C11H8N.3C5H8O2.5Ir/c1-4-10-17(11-5-1)20-16-23-21(18-12-6-2-7-13-18)22(24-20)19-14-8-3-9-15-19;1-2-7-13(8-3-1)15-14-9-5-4-6-12(14)10-11-16-15;1-10-5-4-6-11(9-10)12-7-2-3-8-13-12;1-10-5-7-11(8-6-10)12-4-2-3-9-13-12;1-2-6-10(7-3-1)11-8-4-5-9-12-11;3*1-4(6)3-5(2)7;;;;;/h1-12,14-16H;1-7,9-11H;2-5,7-9H,1H3;2-7,9H,1H3;1-6,8-9H;3*3,6H,1-2H3;;;;;/q5*-1;;;;;;;;. The zero-order chi connectivity index (χ0) is 71.0. The summed E-state index contributed by atoms with van der Waals surface area (Å²) in [5.41, 5.74) is 16.2. The molecule has 12 nitrogen and oxygen atoms in total. The molecule has 0 fully saturated rings. The van der Waals surface area contributed by atoms with Gasteiger partial charge in [0.25, 0.3) is 0 Å². The van der Waals surface area contributed by atoms with E-state index < -0.39 is 0 Å². The fourth-order valence-electron chi connectivity index (χ4n) is 8.94. The molecule has 0 aliphatic rings. The van der Waals surface area contributed by atoms with Crippen molar-refractivity contribution in [3.8, 4) is 78.8 Å². The molecule has 17 heteroatoms. The maximum Gasteiger partial charge on any atom is 0.155 e. The number of carbonyl (C=O) groups excluding carboxylic acids is 3. The number of benzene rings is 8. The van der Waals surface area contributed by atoms with Gasteiger partial charge in [-0.05, 0) is 105 Å². The fraction of sp³-hybridized carbons (Fsp3) is 0.0920. The van der Waals surface area contributed by atoms with Gasteiger partial charge in [0.1, 0.15) is 0 Å². The summed E-state index contributed by atoms with van der Waals surface area (Å²) in [4.78, 5) is 56.8. The average Bonchev–Trinajstić information content (AvgIpc) is 0.831. The Morgan fingerprint density at radius 1 is 0.327 bits per heavy atom. The van der Waals surface area contributed by atoms with Crippen LogP contribution in [0.25, 0.3) is 89.6 Å². The molecule has 8 aromatic carbocycles. The summed E-state index contributed by atoms with van der Waals surface area (Å²) >= 11 is 0. The molecule has 5 aromatic heterocycles. The van der Waals surface area contributed by atoms with E-state index in [2.05, 4.69) is 101 Å². The number of ketones is 3. The number of hydrogen-bond donors (Lipinski definition) is 3. The van der Waals surface area contributed by atoms with Gasteiger partial charge in [-0.25, -0.2) is 0 Å². The van der Waals surface area contributed by atoms with E-state index in [1.165, 1.54) is 81.7 Å². The number of aliphatic hydroxyl groups excluding tert-OH is 3. The van der Waals surface area contributed by atoms with Crippen LogP contribution in [0.1, 0.15) is 52.7 Å². The SMILES string of the molecule is CC(=O)C=C(C)O.CC(=O)C=C(C)O.CC(=O)C=C(C)O.Cc1c[c-]c(-c2ccccn2)cc1.Cc1cc[c-]c(-c2ccccn2)c1.[Ir].[Ir].[Ir].[Ir].[Ir].[c-]1ccccc1-c1ccccn1.[c-]1ccccc1-c1ncc(-c2ccccc2)nc1-c1ccccc1.[c-]1ccccc1-c1nccc2ccccc12. The predicted molar refractivity (Wildman–Crippen MR) is 399 cm³/mol. The first-order chi connectivity index (χ1) is 47.9. The van der Waals surface area contributed by atoms with Crippen LogP contribution in [0.4, 0.5) is 0 Å². The summed E-state index contributed by atoms with van der Waals surface area (Å²) in [6, 6.07) is 99.9. The van der Waals surface area contributed by atoms with Crippen LogP contribution in [-0.4, -0.2) is 62.6 Å². The average molecular weight is 2260 g/mol. The fourth-order valence-corrected chi connectivity index (χ4v) is 8.94. The van der Waals surface area contributed by atoms with Crippen LogP contribution in [0.2, 0.25) is 0 Å². The molecular formula is C87H77Ir5N6O6-5. The first-order valence-electron chi connectivity index (χ1n) is 31.5. The molecule has 5 heterocycles. The van der Waals surface area contributed by atoms with E-state index in [-0.39, 0.29) is 135 Å². The van der Waals surface area contributed by atoms with Gasteiger partial charge in [0.05, 0.1) is 28.7 Å². The van der Waals surface area contributed by atoms with Gasteiger partial charge < -0.3 is 40.2 Å². The molecule has 3 N–H and O–H groups in total. The van der Waals surface area contributed by atoms with Gasteiger partial charge in [0.2, 0.25) is 0 Å². The van der Waals surface area contributed by atoms with Crippen molar-refractivity contribution in [3.63, 3.8) is 0 Å². The molecule has 0 atom stereocenters. The first-order valence-corrected chi connectivity index (χ1v) is 31.5. The largest absolute Gasteiger partial charge is 0.512 e. The van der Waals surface area contributed by atoms with Crippen LogP contribution < -0.4 is 0 Å². The van der Waals surface area contributed by atoms with E-state index in [1.54, 1.807) is 18.6 Å². The van der Waals surface area contributed by atoms with Crippen LogP contribution in [-0.2, 0) is 115 Å². The Balaban J connectivity index is 0.000000612. The molecule has 0 aliphatic heterocycles. The van der Waals surface area contributed by atoms with Crippen LogP contribution in [0.3, 0.4) is 0 Å². The van der Waals surface area contributed by atoms with Crippen LogP contribution in [0.15, 0.2) is 321 Å². The summed E-state index contributed by atoms with van der Waals surface area (Å²) in [6.45, 7) is 12.7. The van der Waals surface area contributed by atoms with Crippen molar-refractivity contribution in [1.29, 1.82) is 0 Å². The molecule has 0 saturated carbocycles. The number of rotatable bonds is 10. The Morgan fingerprint density at radius 2 is 0.740 bits per heavy atom. The Labute approximate surface area is 678 Å². The topological polar surface area (TPSA) is 189 Å². The number of fused-ring (bicyclic) bond motifs is 1. The van der Waals surface area contributed by atoms with Crippen LogP contribution >= 0.6 is 0 Å². The van der Waals surface area contributed by atoms with Gasteiger partial charge in [-0.2, -0.15) is 0 Å². The zero-order valence-corrected chi connectivity index (χ0v) is 70.3. The Morgan fingerprint density at radius 3 is 1.15 bits per heavy atom. The number of nitrogens with zero attached hydrogens (tertiary/aromatic N) is 6. The maximum absolute atomic E-state index is 10.0.